The molecule has 8 heterocycles. The number of nitrogens with zero attached hydrogens (tertiary/aromatic N) is 12. The molecule has 2 N–H and O–H groups in total. The number of halogens is 3. The fraction of sp³-hybridized carbons (Fsp3) is 0.500. The van der Waals surface area contributed by atoms with Gasteiger partial charge in [-0.1, -0.05) is 6.07 Å². The van der Waals surface area contributed by atoms with Gasteiger partial charge in [0.2, 0.25) is 5.91 Å². The van der Waals surface area contributed by atoms with Crippen LogP contribution < -0.4 is 25.3 Å². The summed E-state index contributed by atoms with van der Waals surface area (Å²) in [5, 5.41) is 15.9. The zero-order valence-corrected chi connectivity index (χ0v) is 38.3. The SMILES string of the molecule is CNC(=O)N1CCc2c(c(N3CCCc4cc(-c5cnn(C)c5)c(C(F)F)cc43)nn2C2CCN(C(=O)CN3CCN(c4cc(N[C@@H]5CCCN(c6cccc(F)c6)C5)ncn4)CC3)CC2)C1. The summed E-state index contributed by atoms with van der Waals surface area (Å²) < 4.78 is 47.2. The van der Waals surface area contributed by atoms with Crippen LogP contribution in [-0.2, 0) is 31.2 Å². The predicted molar refractivity (Wildman–Crippen MR) is 251 cm³/mol. The first kappa shape index (κ1) is 44.5. The maximum absolute atomic E-state index is 14.8. The van der Waals surface area contributed by atoms with Crippen LogP contribution in [0.5, 0.6) is 0 Å². The highest BCUT2D eigenvalue weighted by Crippen LogP contribution is 2.44. The number of alkyl halides is 2. The molecular weight excluding hydrogens is 862 g/mol. The Bertz CT molecular complexity index is 2590. The Morgan fingerprint density at radius 1 is 0.881 bits per heavy atom. The minimum absolute atomic E-state index is 0.0434. The third-order valence-corrected chi connectivity index (χ3v) is 14.3. The zero-order valence-electron chi connectivity index (χ0n) is 38.3. The summed E-state index contributed by atoms with van der Waals surface area (Å²) in [5.74, 6) is 2.22. The molecule has 3 fully saturated rings. The van der Waals surface area contributed by atoms with Crippen LogP contribution in [0.1, 0.15) is 67.0 Å². The summed E-state index contributed by atoms with van der Waals surface area (Å²) in [6.07, 6.45) is 7.96. The van der Waals surface area contributed by atoms with Gasteiger partial charge in [-0.2, -0.15) is 10.2 Å². The van der Waals surface area contributed by atoms with Crippen molar-refractivity contribution in [3.05, 3.63) is 89.4 Å². The number of aryl methyl sites for hydroxylation is 2. The third kappa shape index (κ3) is 9.34. The van der Waals surface area contributed by atoms with Crippen molar-refractivity contribution < 1.29 is 22.8 Å². The molecule has 2 aromatic carbocycles. The van der Waals surface area contributed by atoms with E-state index in [1.807, 2.05) is 23.1 Å². The molecule has 1 atom stereocenters. The number of fused-ring (bicyclic) bond motifs is 2. The highest BCUT2D eigenvalue weighted by molar-refractivity contribution is 5.79. The number of carbonyl (C=O) groups is 2. The van der Waals surface area contributed by atoms with E-state index in [0.29, 0.717) is 62.6 Å². The topological polar surface area (TPSA) is 139 Å². The first-order valence-electron chi connectivity index (χ1n) is 23.7. The van der Waals surface area contributed by atoms with Gasteiger partial charge in [0.1, 0.15) is 23.8 Å². The monoisotopic (exact) mass is 920 g/mol. The average Bonchev–Trinajstić information content (AvgIpc) is 3.97. The van der Waals surface area contributed by atoms with Gasteiger partial charge in [-0.15, -0.1) is 0 Å². The molecule has 16 nitrogen and oxygen atoms in total. The summed E-state index contributed by atoms with van der Waals surface area (Å²) in [6.45, 7) is 7.68. The Labute approximate surface area is 388 Å². The molecule has 354 valence electrons. The molecule has 0 bridgehead atoms. The van der Waals surface area contributed by atoms with Gasteiger partial charge in [-0.25, -0.2) is 27.9 Å². The van der Waals surface area contributed by atoms with Gasteiger partial charge in [0, 0.05) is 138 Å². The maximum atomic E-state index is 14.8. The summed E-state index contributed by atoms with van der Waals surface area (Å²) in [6, 6.07) is 12.3. The molecule has 5 aliphatic rings. The van der Waals surface area contributed by atoms with Crippen LogP contribution in [0.4, 0.5) is 46.8 Å². The number of urea groups is 1. The van der Waals surface area contributed by atoms with Crippen molar-refractivity contribution in [2.75, 3.05) is 99.1 Å². The van der Waals surface area contributed by atoms with E-state index < -0.39 is 6.43 Å². The molecular formula is C48H59F3N14O2. The average molecular weight is 921 g/mol. The number of piperidine rings is 2. The number of benzene rings is 2. The van der Waals surface area contributed by atoms with E-state index >= 15 is 0 Å². The summed E-state index contributed by atoms with van der Waals surface area (Å²) in [7, 11) is 3.40. The summed E-state index contributed by atoms with van der Waals surface area (Å²) in [4.78, 5) is 48.4. The van der Waals surface area contributed by atoms with E-state index in [1.165, 1.54) is 6.07 Å². The number of amides is 3. The fourth-order valence-corrected chi connectivity index (χ4v) is 10.7. The molecule has 5 aromatic rings. The summed E-state index contributed by atoms with van der Waals surface area (Å²) in [5.41, 5.74) is 5.72. The van der Waals surface area contributed by atoms with Crippen molar-refractivity contribution in [3.63, 3.8) is 0 Å². The van der Waals surface area contributed by atoms with Crippen molar-refractivity contribution >= 4 is 40.8 Å². The number of hydrogen-bond acceptors (Lipinski definition) is 11. The number of nitrogens with one attached hydrogen (secondary N) is 2. The number of piperazine rings is 1. The lowest BCUT2D eigenvalue weighted by Gasteiger charge is -2.38. The largest absolute Gasteiger partial charge is 0.369 e. The van der Waals surface area contributed by atoms with Crippen molar-refractivity contribution in [2.24, 2.45) is 7.05 Å². The number of likely N-dealkylation sites (tertiary alicyclic amines) is 1. The van der Waals surface area contributed by atoms with Crippen molar-refractivity contribution in [2.45, 2.75) is 70.0 Å². The molecule has 0 saturated carbocycles. The fourth-order valence-electron chi connectivity index (χ4n) is 10.7. The van der Waals surface area contributed by atoms with Gasteiger partial charge in [0.05, 0.1) is 25.3 Å². The summed E-state index contributed by atoms with van der Waals surface area (Å²) >= 11 is 0. The number of hydrogen-bond donors (Lipinski definition) is 2. The van der Waals surface area contributed by atoms with Gasteiger partial charge >= 0.3 is 6.03 Å². The molecule has 0 radical (unpaired) electrons. The molecule has 3 saturated heterocycles. The van der Waals surface area contributed by atoms with Gasteiger partial charge in [0.25, 0.3) is 6.43 Å². The number of carbonyl (C=O) groups excluding carboxylic acids is 2. The first-order valence-corrected chi connectivity index (χ1v) is 23.7. The van der Waals surface area contributed by atoms with E-state index in [-0.39, 0.29) is 35.4 Å². The van der Waals surface area contributed by atoms with Crippen LogP contribution in [0.25, 0.3) is 11.1 Å². The smallest absolute Gasteiger partial charge is 0.317 e. The Hall–Kier alpha value is -6.37. The lowest BCUT2D eigenvalue weighted by atomic mass is 9.92. The van der Waals surface area contributed by atoms with Crippen LogP contribution in [-0.4, -0.2) is 141 Å². The van der Waals surface area contributed by atoms with Crippen molar-refractivity contribution in [1.29, 1.82) is 0 Å². The Balaban J connectivity index is 0.774. The highest BCUT2D eigenvalue weighted by atomic mass is 19.3. The van der Waals surface area contributed by atoms with E-state index in [2.05, 4.69) is 50.0 Å². The Morgan fingerprint density at radius 2 is 1.72 bits per heavy atom. The molecule has 10 rings (SSSR count). The van der Waals surface area contributed by atoms with Crippen molar-refractivity contribution in [1.82, 2.24) is 49.5 Å². The molecule has 0 aliphatic carbocycles. The molecule has 3 amide bonds. The van der Waals surface area contributed by atoms with Crippen LogP contribution in [0, 0.1) is 5.82 Å². The molecule has 19 heteroatoms. The standard InChI is InChI=1S/C48H59F3N14O2/c1-52-48(67)63-17-12-41-40(29-63)47(64-14-4-6-32-22-38(33-26-55-58(2)27-33)39(46(50)51)24-42(32)64)57-65(41)36-10-15-61(16-11-36)45(66)30-59-18-20-60(21-19-59)44-25-43(53-31-54-44)56-35-8-5-13-62(28-35)37-9-3-7-34(49)23-37/h3,7,9,22-27,31,35-36,46H,4-6,8,10-21,28-30H2,1-2H3,(H,52,67)(H,53,54,56)/t35-/m1/s1. The Kier molecular flexibility index (Phi) is 12.7. The normalized spacial score (nSPS) is 19.4. The quantitative estimate of drug-likeness (QED) is 0.171. The second-order valence-corrected chi connectivity index (χ2v) is 18.5. The second kappa shape index (κ2) is 19.1. The maximum Gasteiger partial charge on any atom is 0.317 e. The van der Waals surface area contributed by atoms with Crippen LogP contribution in [0.3, 0.4) is 0 Å². The minimum Gasteiger partial charge on any atom is -0.369 e. The second-order valence-electron chi connectivity index (χ2n) is 18.5. The Morgan fingerprint density at radius 3 is 2.48 bits per heavy atom. The van der Waals surface area contributed by atoms with Crippen LogP contribution in [0.2, 0.25) is 0 Å². The lowest BCUT2D eigenvalue weighted by molar-refractivity contribution is -0.133. The molecule has 5 aliphatic heterocycles. The number of aromatic nitrogens is 6. The number of anilines is 5. The van der Waals surface area contributed by atoms with E-state index in [0.717, 1.165) is 118 Å². The third-order valence-electron chi connectivity index (χ3n) is 14.3. The number of rotatable bonds is 10. The highest BCUT2D eigenvalue weighted by Gasteiger charge is 2.36. The van der Waals surface area contributed by atoms with Gasteiger partial charge in [-0.3, -0.25) is 19.1 Å². The van der Waals surface area contributed by atoms with E-state index in [1.54, 1.807) is 60.6 Å². The predicted octanol–water partition coefficient (Wildman–Crippen LogP) is 6.00. The molecule has 0 unspecified atom stereocenters. The van der Waals surface area contributed by atoms with Gasteiger partial charge in [0.15, 0.2) is 5.82 Å². The lowest BCUT2D eigenvalue weighted by Crippen LogP contribution is -2.51. The van der Waals surface area contributed by atoms with Crippen LogP contribution in [0.15, 0.2) is 61.2 Å². The molecule has 0 spiro atoms. The first-order chi connectivity index (χ1) is 32.6. The molecule has 3 aromatic heterocycles. The van der Waals surface area contributed by atoms with Gasteiger partial charge in [-0.05, 0) is 80.0 Å². The van der Waals surface area contributed by atoms with Crippen LogP contribution >= 0.6 is 0 Å². The van der Waals surface area contributed by atoms with E-state index in [4.69, 9.17) is 5.10 Å². The minimum atomic E-state index is -2.69. The molecule has 67 heavy (non-hydrogen) atoms. The van der Waals surface area contributed by atoms with Crippen molar-refractivity contribution in [3.8, 4) is 11.1 Å². The van der Waals surface area contributed by atoms with E-state index in [9.17, 15) is 22.8 Å². The zero-order chi connectivity index (χ0) is 46.2. The van der Waals surface area contributed by atoms with Gasteiger partial charge < -0.3 is 35.1 Å².